The Hall–Kier alpha value is -0.700. The average molecular weight is 106 g/mol. The summed E-state index contributed by atoms with van der Waals surface area (Å²) in [7, 11) is 0. The molecule has 0 saturated carbocycles. The highest BCUT2D eigenvalue weighted by Crippen LogP contribution is 2.05. The molecule has 0 N–H and O–H groups in total. The molecule has 8 heavy (non-hydrogen) atoms. The van der Waals surface area contributed by atoms with Gasteiger partial charge in [-0.15, -0.1) is 0 Å². The van der Waals surface area contributed by atoms with Gasteiger partial charge in [-0.3, -0.25) is 0 Å². The van der Waals surface area contributed by atoms with Crippen LogP contribution in [0.2, 0.25) is 0 Å². The summed E-state index contributed by atoms with van der Waals surface area (Å²) in [6, 6.07) is 0. The van der Waals surface area contributed by atoms with Gasteiger partial charge in [-0.1, -0.05) is 24.0 Å². The third-order valence-electron chi connectivity index (χ3n) is 1.23. The van der Waals surface area contributed by atoms with Crippen molar-refractivity contribution in [3.8, 4) is 11.8 Å². The molecule has 0 saturated heterocycles. The lowest BCUT2D eigenvalue weighted by atomic mass is 10.0. The third-order valence-corrected chi connectivity index (χ3v) is 1.23. The average Bonchev–Trinajstić information content (AvgIpc) is 1.77. The van der Waals surface area contributed by atoms with E-state index in [0.29, 0.717) is 11.8 Å². The fourth-order valence-corrected chi connectivity index (χ4v) is 0.692. The lowest BCUT2D eigenvalue weighted by Gasteiger charge is -2.02. The number of hydrogen-bond donors (Lipinski definition) is 0. The van der Waals surface area contributed by atoms with Gasteiger partial charge in [0.15, 0.2) is 0 Å². The molecule has 0 aromatic carbocycles. The second-order valence-corrected chi connectivity index (χ2v) is 2.25. The molecule has 0 heteroatoms. The summed E-state index contributed by atoms with van der Waals surface area (Å²) in [4.78, 5) is 0. The molecule has 0 radical (unpaired) electrons. The molecular formula is C8H10. The maximum absolute atomic E-state index is 3.09. The molecular weight excluding hydrogens is 96.1 g/mol. The Kier molecular flexibility index (Phi) is 1.39. The number of hydrogen-bond acceptors (Lipinski definition) is 0. The fourth-order valence-electron chi connectivity index (χ4n) is 0.692. The zero-order valence-electron chi connectivity index (χ0n) is 5.31. The van der Waals surface area contributed by atoms with Crippen LogP contribution in [-0.4, -0.2) is 0 Å². The fraction of sp³-hybridized carbons (Fsp3) is 0.500. The Morgan fingerprint density at radius 3 is 1.62 bits per heavy atom. The first kappa shape index (κ1) is 5.44. The van der Waals surface area contributed by atoms with Crippen LogP contribution < -0.4 is 0 Å². The van der Waals surface area contributed by atoms with E-state index >= 15 is 0 Å². The predicted molar refractivity (Wildman–Crippen MR) is 35.2 cm³/mol. The van der Waals surface area contributed by atoms with Crippen LogP contribution in [0.3, 0.4) is 0 Å². The van der Waals surface area contributed by atoms with Crippen LogP contribution in [-0.2, 0) is 0 Å². The van der Waals surface area contributed by atoms with Crippen LogP contribution >= 0.6 is 0 Å². The molecule has 1 rings (SSSR count). The van der Waals surface area contributed by atoms with E-state index in [1.165, 1.54) is 0 Å². The smallest absolute Gasteiger partial charge is 0.0355 e. The largest absolute Gasteiger partial charge is 0.0954 e. The van der Waals surface area contributed by atoms with E-state index in [1.807, 2.05) is 0 Å². The maximum Gasteiger partial charge on any atom is 0.0355 e. The van der Waals surface area contributed by atoms with Crippen molar-refractivity contribution >= 4 is 0 Å². The highest BCUT2D eigenvalue weighted by Gasteiger charge is 1.97. The van der Waals surface area contributed by atoms with E-state index in [4.69, 9.17) is 0 Å². The normalized spacial score (nSPS) is 33.8. The Balaban J connectivity index is 2.64. The molecule has 2 unspecified atom stereocenters. The van der Waals surface area contributed by atoms with Gasteiger partial charge >= 0.3 is 0 Å². The summed E-state index contributed by atoms with van der Waals surface area (Å²) in [5.41, 5.74) is 0. The van der Waals surface area contributed by atoms with Crippen LogP contribution in [0.4, 0.5) is 0 Å². The molecule has 0 heterocycles. The van der Waals surface area contributed by atoms with Gasteiger partial charge in [-0.2, -0.15) is 0 Å². The number of rotatable bonds is 0. The maximum atomic E-state index is 3.09. The minimum absolute atomic E-state index is 0.478. The zero-order chi connectivity index (χ0) is 5.98. The highest BCUT2D eigenvalue weighted by atomic mass is 14.0. The molecule has 0 nitrogen and oxygen atoms in total. The minimum atomic E-state index is 0.478. The second-order valence-electron chi connectivity index (χ2n) is 2.25. The van der Waals surface area contributed by atoms with Crippen LogP contribution in [0, 0.1) is 23.7 Å². The van der Waals surface area contributed by atoms with Crippen LogP contribution in [0.1, 0.15) is 13.8 Å². The van der Waals surface area contributed by atoms with Crippen LogP contribution in [0.5, 0.6) is 0 Å². The molecule has 42 valence electrons. The van der Waals surface area contributed by atoms with Crippen molar-refractivity contribution in [2.24, 2.45) is 11.8 Å². The highest BCUT2D eigenvalue weighted by molar-refractivity contribution is 5.20. The van der Waals surface area contributed by atoms with Gasteiger partial charge in [-0.25, -0.2) is 0 Å². The molecule has 1 aliphatic rings. The van der Waals surface area contributed by atoms with E-state index in [1.54, 1.807) is 0 Å². The van der Waals surface area contributed by atoms with Gasteiger partial charge in [0.2, 0.25) is 0 Å². The van der Waals surface area contributed by atoms with Crippen LogP contribution in [0.15, 0.2) is 12.2 Å². The summed E-state index contributed by atoms with van der Waals surface area (Å²) in [5.74, 6) is 7.15. The van der Waals surface area contributed by atoms with Gasteiger partial charge in [0.05, 0.1) is 0 Å². The molecule has 0 aromatic heterocycles. The van der Waals surface area contributed by atoms with Crippen molar-refractivity contribution in [2.45, 2.75) is 13.8 Å². The Labute approximate surface area is 50.6 Å². The molecule has 0 amide bonds. The summed E-state index contributed by atoms with van der Waals surface area (Å²) in [6.07, 6.45) is 4.31. The Bertz CT molecular complexity index is 139. The van der Waals surface area contributed by atoms with E-state index in [9.17, 15) is 0 Å². The topological polar surface area (TPSA) is 0 Å². The molecule has 0 bridgehead atoms. The predicted octanol–water partition coefficient (Wildman–Crippen LogP) is 1.83. The van der Waals surface area contributed by atoms with Gasteiger partial charge in [0.25, 0.3) is 0 Å². The Morgan fingerprint density at radius 1 is 1.00 bits per heavy atom. The van der Waals surface area contributed by atoms with E-state index < -0.39 is 0 Å². The lowest BCUT2D eigenvalue weighted by molar-refractivity contribution is 0.884. The first-order valence-corrected chi connectivity index (χ1v) is 2.98. The first-order valence-electron chi connectivity index (χ1n) is 2.98. The molecule has 0 spiro atoms. The van der Waals surface area contributed by atoms with E-state index in [0.717, 1.165) is 0 Å². The van der Waals surface area contributed by atoms with Crippen molar-refractivity contribution in [3.05, 3.63) is 12.2 Å². The van der Waals surface area contributed by atoms with Gasteiger partial charge in [0, 0.05) is 11.8 Å². The van der Waals surface area contributed by atoms with Gasteiger partial charge < -0.3 is 0 Å². The molecule has 2 atom stereocenters. The van der Waals surface area contributed by atoms with Crippen molar-refractivity contribution < 1.29 is 0 Å². The van der Waals surface area contributed by atoms with E-state index in [2.05, 4.69) is 37.8 Å². The van der Waals surface area contributed by atoms with E-state index in [-0.39, 0.29) is 0 Å². The number of allylic oxidation sites excluding steroid dienone is 2. The molecule has 0 aromatic rings. The standard InChI is InChI=1S/C8H10/c1-7-3-5-8(2)6-4-7/h3,5,7-8H,1-2H3. The summed E-state index contributed by atoms with van der Waals surface area (Å²) >= 11 is 0. The molecule has 0 fully saturated rings. The van der Waals surface area contributed by atoms with Crippen molar-refractivity contribution in [1.29, 1.82) is 0 Å². The lowest BCUT2D eigenvalue weighted by Crippen LogP contribution is -1.94. The monoisotopic (exact) mass is 106 g/mol. The third kappa shape index (κ3) is 1.13. The van der Waals surface area contributed by atoms with Crippen molar-refractivity contribution in [3.63, 3.8) is 0 Å². The zero-order valence-corrected chi connectivity index (χ0v) is 5.31. The quantitative estimate of drug-likeness (QED) is 0.326. The van der Waals surface area contributed by atoms with Crippen LogP contribution in [0.25, 0.3) is 0 Å². The van der Waals surface area contributed by atoms with Crippen molar-refractivity contribution in [1.82, 2.24) is 0 Å². The van der Waals surface area contributed by atoms with Crippen molar-refractivity contribution in [2.75, 3.05) is 0 Å². The molecule has 0 aliphatic heterocycles. The minimum Gasteiger partial charge on any atom is -0.0954 e. The first-order chi connectivity index (χ1) is 3.79. The van der Waals surface area contributed by atoms with Gasteiger partial charge in [0.1, 0.15) is 0 Å². The summed E-state index contributed by atoms with van der Waals surface area (Å²) in [6.45, 7) is 4.21. The second kappa shape index (κ2) is 2.05. The summed E-state index contributed by atoms with van der Waals surface area (Å²) in [5, 5.41) is 0. The van der Waals surface area contributed by atoms with Gasteiger partial charge in [-0.05, 0) is 13.8 Å². The Morgan fingerprint density at radius 2 is 1.38 bits per heavy atom. The summed E-state index contributed by atoms with van der Waals surface area (Å²) < 4.78 is 0. The molecule has 1 aliphatic carbocycles. The SMILES string of the molecule is CC1C#CC(C)C=C1.